The predicted molar refractivity (Wildman–Crippen MR) is 59.1 cm³/mol. The zero-order valence-corrected chi connectivity index (χ0v) is 10.2. The maximum atomic E-state index is 13.5. The second kappa shape index (κ2) is 5.37. The third kappa shape index (κ3) is 2.86. The highest BCUT2D eigenvalue weighted by Gasteiger charge is 2.21. The molecule has 4 heteroatoms. The van der Waals surface area contributed by atoms with Crippen LogP contribution in [0.5, 0.6) is 0 Å². The summed E-state index contributed by atoms with van der Waals surface area (Å²) < 4.78 is 19.2. The van der Waals surface area contributed by atoms with E-state index in [-0.39, 0.29) is 11.3 Å². The van der Waals surface area contributed by atoms with E-state index in [1.807, 2.05) is 0 Å². The van der Waals surface area contributed by atoms with Gasteiger partial charge in [0, 0.05) is 23.6 Å². The standard InChI is InChI=1S/C11H12BrFO2/c1-3-10(14)11(15-2)8-6-7(12)4-5-9(8)13/h4-6,11H,3H2,1-2H3. The van der Waals surface area contributed by atoms with Gasteiger partial charge in [-0.15, -0.1) is 0 Å². The van der Waals surface area contributed by atoms with Gasteiger partial charge in [0.05, 0.1) is 0 Å². The summed E-state index contributed by atoms with van der Waals surface area (Å²) in [6.45, 7) is 1.73. The number of Topliss-reactive ketones (excluding diaryl/α,β-unsaturated/α-hetero) is 1. The summed E-state index contributed by atoms with van der Waals surface area (Å²) in [5, 5.41) is 0. The summed E-state index contributed by atoms with van der Waals surface area (Å²) in [5.41, 5.74) is 0.277. The molecule has 0 aromatic heterocycles. The minimum atomic E-state index is -0.813. The molecule has 0 saturated heterocycles. The molecular formula is C11H12BrFO2. The third-order valence-electron chi connectivity index (χ3n) is 2.12. The number of benzene rings is 1. The van der Waals surface area contributed by atoms with Gasteiger partial charge >= 0.3 is 0 Å². The third-order valence-corrected chi connectivity index (χ3v) is 2.61. The normalized spacial score (nSPS) is 12.5. The molecule has 82 valence electrons. The maximum absolute atomic E-state index is 13.5. The molecule has 1 rings (SSSR count). The van der Waals surface area contributed by atoms with E-state index in [2.05, 4.69) is 15.9 Å². The van der Waals surface area contributed by atoms with Crippen molar-refractivity contribution in [3.63, 3.8) is 0 Å². The van der Waals surface area contributed by atoms with E-state index in [0.717, 1.165) is 4.47 Å². The Morgan fingerprint density at radius 3 is 2.80 bits per heavy atom. The zero-order chi connectivity index (χ0) is 11.4. The first kappa shape index (κ1) is 12.3. The van der Waals surface area contributed by atoms with Gasteiger partial charge in [-0.05, 0) is 18.2 Å². The highest BCUT2D eigenvalue weighted by molar-refractivity contribution is 9.10. The maximum Gasteiger partial charge on any atom is 0.165 e. The fraction of sp³-hybridized carbons (Fsp3) is 0.364. The van der Waals surface area contributed by atoms with Crippen molar-refractivity contribution in [2.75, 3.05) is 7.11 Å². The van der Waals surface area contributed by atoms with Gasteiger partial charge < -0.3 is 4.74 Å². The Bertz CT molecular complexity index is 366. The molecule has 15 heavy (non-hydrogen) atoms. The molecule has 1 unspecified atom stereocenters. The smallest absolute Gasteiger partial charge is 0.165 e. The summed E-state index contributed by atoms with van der Waals surface area (Å²) in [6.07, 6.45) is -0.489. The number of carbonyl (C=O) groups is 1. The van der Waals surface area contributed by atoms with Crippen molar-refractivity contribution in [2.45, 2.75) is 19.4 Å². The molecule has 0 bridgehead atoms. The fourth-order valence-electron chi connectivity index (χ4n) is 1.33. The van der Waals surface area contributed by atoms with E-state index in [1.54, 1.807) is 19.1 Å². The molecule has 0 radical (unpaired) electrons. The van der Waals surface area contributed by atoms with Crippen LogP contribution in [0, 0.1) is 5.82 Å². The van der Waals surface area contributed by atoms with Gasteiger partial charge in [-0.1, -0.05) is 22.9 Å². The Kier molecular flexibility index (Phi) is 4.42. The van der Waals surface area contributed by atoms with Crippen LogP contribution in [0.3, 0.4) is 0 Å². The van der Waals surface area contributed by atoms with E-state index in [1.165, 1.54) is 13.2 Å². The Morgan fingerprint density at radius 2 is 2.27 bits per heavy atom. The Hall–Kier alpha value is -0.740. The first-order valence-corrected chi connectivity index (χ1v) is 5.40. The summed E-state index contributed by atoms with van der Waals surface area (Å²) >= 11 is 3.23. The van der Waals surface area contributed by atoms with Crippen molar-refractivity contribution in [1.82, 2.24) is 0 Å². The van der Waals surface area contributed by atoms with Crippen LogP contribution in [0.15, 0.2) is 22.7 Å². The monoisotopic (exact) mass is 274 g/mol. The molecule has 2 nitrogen and oxygen atoms in total. The van der Waals surface area contributed by atoms with Crippen LogP contribution in [-0.4, -0.2) is 12.9 Å². The quantitative estimate of drug-likeness (QED) is 0.843. The predicted octanol–water partition coefficient (Wildman–Crippen LogP) is 3.25. The van der Waals surface area contributed by atoms with Gasteiger partial charge in [-0.3, -0.25) is 4.79 Å². The van der Waals surface area contributed by atoms with Gasteiger partial charge in [-0.2, -0.15) is 0 Å². The van der Waals surface area contributed by atoms with Gasteiger partial charge in [0.25, 0.3) is 0 Å². The van der Waals surface area contributed by atoms with E-state index < -0.39 is 11.9 Å². The number of ketones is 1. The molecule has 0 aliphatic carbocycles. The molecule has 0 aliphatic heterocycles. The molecule has 0 saturated carbocycles. The van der Waals surface area contributed by atoms with Crippen molar-refractivity contribution in [3.8, 4) is 0 Å². The zero-order valence-electron chi connectivity index (χ0n) is 8.59. The van der Waals surface area contributed by atoms with Crippen molar-refractivity contribution < 1.29 is 13.9 Å². The number of halogens is 2. The van der Waals surface area contributed by atoms with E-state index >= 15 is 0 Å². The van der Waals surface area contributed by atoms with Crippen LogP contribution in [0.4, 0.5) is 4.39 Å². The average Bonchev–Trinajstić information content (AvgIpc) is 2.23. The summed E-state index contributed by atoms with van der Waals surface area (Å²) in [4.78, 5) is 11.5. The van der Waals surface area contributed by atoms with Gasteiger partial charge in [0.15, 0.2) is 5.78 Å². The number of rotatable bonds is 4. The van der Waals surface area contributed by atoms with Crippen LogP contribution >= 0.6 is 15.9 Å². The molecule has 0 aliphatic rings. The molecule has 1 aromatic rings. The summed E-state index contributed by atoms with van der Waals surface area (Å²) in [5.74, 6) is -0.554. The molecule has 0 fully saturated rings. The second-order valence-corrected chi connectivity index (χ2v) is 4.02. The Balaban J connectivity index is 3.11. The van der Waals surface area contributed by atoms with Crippen LogP contribution < -0.4 is 0 Å². The second-order valence-electron chi connectivity index (χ2n) is 3.10. The van der Waals surface area contributed by atoms with Crippen LogP contribution in [0.25, 0.3) is 0 Å². The first-order valence-electron chi connectivity index (χ1n) is 4.60. The molecule has 0 amide bonds. The summed E-state index contributed by atoms with van der Waals surface area (Å²) in [7, 11) is 1.40. The molecule has 1 atom stereocenters. The minimum Gasteiger partial charge on any atom is -0.369 e. The highest BCUT2D eigenvalue weighted by atomic mass is 79.9. The molecule has 0 N–H and O–H groups in total. The number of carbonyl (C=O) groups excluding carboxylic acids is 1. The Labute approximate surface area is 96.6 Å². The van der Waals surface area contributed by atoms with Crippen LogP contribution in [-0.2, 0) is 9.53 Å². The molecule has 0 heterocycles. The number of ether oxygens (including phenoxy) is 1. The first-order chi connectivity index (χ1) is 7.10. The molecular weight excluding hydrogens is 263 g/mol. The van der Waals surface area contributed by atoms with Crippen molar-refractivity contribution in [2.24, 2.45) is 0 Å². The topological polar surface area (TPSA) is 26.3 Å². The lowest BCUT2D eigenvalue weighted by Crippen LogP contribution is -2.14. The molecule has 0 spiro atoms. The Morgan fingerprint density at radius 1 is 1.60 bits per heavy atom. The number of methoxy groups -OCH3 is 1. The van der Waals surface area contributed by atoms with E-state index in [9.17, 15) is 9.18 Å². The largest absolute Gasteiger partial charge is 0.369 e. The number of hydrogen-bond acceptors (Lipinski definition) is 2. The SMILES string of the molecule is CCC(=O)C(OC)c1cc(Br)ccc1F. The lowest BCUT2D eigenvalue weighted by Gasteiger charge is -2.14. The van der Waals surface area contributed by atoms with Crippen molar-refractivity contribution in [3.05, 3.63) is 34.1 Å². The molecule has 1 aromatic carbocycles. The van der Waals surface area contributed by atoms with Crippen molar-refractivity contribution in [1.29, 1.82) is 0 Å². The van der Waals surface area contributed by atoms with Gasteiger partial charge in [-0.25, -0.2) is 4.39 Å². The van der Waals surface area contributed by atoms with E-state index in [4.69, 9.17) is 4.74 Å². The van der Waals surface area contributed by atoms with Crippen molar-refractivity contribution >= 4 is 21.7 Å². The highest BCUT2D eigenvalue weighted by Crippen LogP contribution is 2.25. The average molecular weight is 275 g/mol. The van der Waals surface area contributed by atoms with Gasteiger partial charge in [0.2, 0.25) is 0 Å². The minimum absolute atomic E-state index is 0.130. The fourth-order valence-corrected chi connectivity index (χ4v) is 1.71. The summed E-state index contributed by atoms with van der Waals surface area (Å²) in [6, 6.07) is 4.47. The van der Waals surface area contributed by atoms with Crippen LogP contribution in [0.1, 0.15) is 25.0 Å². The van der Waals surface area contributed by atoms with E-state index in [0.29, 0.717) is 6.42 Å². The van der Waals surface area contributed by atoms with Crippen LogP contribution in [0.2, 0.25) is 0 Å². The van der Waals surface area contributed by atoms with Gasteiger partial charge in [0.1, 0.15) is 11.9 Å². The number of hydrogen-bond donors (Lipinski definition) is 0. The lowest BCUT2D eigenvalue weighted by molar-refractivity contribution is -0.129. The lowest BCUT2D eigenvalue weighted by atomic mass is 10.0.